The molecule has 2 aromatic rings. The van der Waals surface area contributed by atoms with Crippen LogP contribution in [0.1, 0.15) is 12.6 Å². The highest BCUT2D eigenvalue weighted by Crippen LogP contribution is 2.19. The van der Waals surface area contributed by atoms with Gasteiger partial charge in [0.15, 0.2) is 5.82 Å². The van der Waals surface area contributed by atoms with Gasteiger partial charge < -0.3 is 5.73 Å². The zero-order valence-electron chi connectivity index (χ0n) is 8.81. The summed E-state index contributed by atoms with van der Waals surface area (Å²) in [5, 5.41) is 4.33. The summed E-state index contributed by atoms with van der Waals surface area (Å²) < 4.78 is 1.77. The molecule has 0 aromatic carbocycles. The van der Waals surface area contributed by atoms with Gasteiger partial charge in [0.25, 0.3) is 0 Å². The van der Waals surface area contributed by atoms with Crippen LogP contribution in [0.25, 0.3) is 11.4 Å². The number of hydrogen-bond donors (Lipinski definition) is 1. The Bertz CT molecular complexity index is 457. The normalized spacial score (nSPS) is 10.5. The standard InChI is InChI=1S/C10H13N5/c1-3-9-8(6-15(2)14-9)10-12-4-7(11)5-13-10/h4-6H,3,11H2,1-2H3. The fourth-order valence-corrected chi connectivity index (χ4v) is 1.46. The van der Waals surface area contributed by atoms with Gasteiger partial charge in [-0.2, -0.15) is 5.10 Å². The molecule has 5 nitrogen and oxygen atoms in total. The molecule has 0 fully saturated rings. The monoisotopic (exact) mass is 203 g/mol. The molecule has 0 unspecified atom stereocenters. The highest BCUT2D eigenvalue weighted by Gasteiger charge is 2.10. The first-order valence-corrected chi connectivity index (χ1v) is 4.81. The lowest BCUT2D eigenvalue weighted by Gasteiger charge is -1.98. The van der Waals surface area contributed by atoms with Crippen LogP contribution in [-0.4, -0.2) is 19.7 Å². The Morgan fingerprint density at radius 1 is 1.33 bits per heavy atom. The molecule has 2 aromatic heterocycles. The quantitative estimate of drug-likeness (QED) is 0.791. The SMILES string of the molecule is CCc1nn(C)cc1-c1ncc(N)cn1. The van der Waals surface area contributed by atoms with Gasteiger partial charge in [-0.15, -0.1) is 0 Å². The summed E-state index contributed by atoms with van der Waals surface area (Å²) in [6.07, 6.45) is 6.00. The van der Waals surface area contributed by atoms with E-state index in [0.717, 1.165) is 17.7 Å². The molecule has 0 aliphatic rings. The van der Waals surface area contributed by atoms with Crippen LogP contribution in [0.15, 0.2) is 18.6 Å². The van der Waals surface area contributed by atoms with Gasteiger partial charge >= 0.3 is 0 Å². The second-order valence-electron chi connectivity index (χ2n) is 3.36. The molecule has 0 amide bonds. The van der Waals surface area contributed by atoms with Gasteiger partial charge in [-0.1, -0.05) is 6.92 Å². The smallest absolute Gasteiger partial charge is 0.162 e. The average molecular weight is 203 g/mol. The van der Waals surface area contributed by atoms with Crippen molar-refractivity contribution in [2.45, 2.75) is 13.3 Å². The first-order valence-electron chi connectivity index (χ1n) is 4.81. The minimum absolute atomic E-state index is 0.570. The number of anilines is 1. The van der Waals surface area contributed by atoms with E-state index in [0.29, 0.717) is 11.5 Å². The van der Waals surface area contributed by atoms with E-state index in [-0.39, 0.29) is 0 Å². The van der Waals surface area contributed by atoms with Crippen LogP contribution in [-0.2, 0) is 13.5 Å². The molecule has 0 saturated carbocycles. The van der Waals surface area contributed by atoms with Gasteiger partial charge in [0.1, 0.15) is 0 Å². The Hall–Kier alpha value is -1.91. The first kappa shape index (κ1) is 9.64. The molecule has 0 aliphatic carbocycles. The van der Waals surface area contributed by atoms with Crippen molar-refractivity contribution in [2.24, 2.45) is 7.05 Å². The van der Waals surface area contributed by atoms with E-state index in [9.17, 15) is 0 Å². The van der Waals surface area contributed by atoms with Crippen molar-refractivity contribution >= 4 is 5.69 Å². The molecular formula is C10H13N5. The molecule has 2 rings (SSSR count). The molecule has 0 radical (unpaired) electrons. The largest absolute Gasteiger partial charge is 0.396 e. The second-order valence-corrected chi connectivity index (χ2v) is 3.36. The summed E-state index contributed by atoms with van der Waals surface area (Å²) in [5.74, 6) is 0.675. The molecule has 2 heterocycles. The van der Waals surface area contributed by atoms with Gasteiger partial charge in [0.2, 0.25) is 0 Å². The van der Waals surface area contributed by atoms with Gasteiger partial charge in [-0.05, 0) is 6.42 Å². The van der Waals surface area contributed by atoms with Crippen molar-refractivity contribution in [2.75, 3.05) is 5.73 Å². The number of aryl methyl sites for hydroxylation is 2. The lowest BCUT2D eigenvalue weighted by molar-refractivity contribution is 0.746. The van der Waals surface area contributed by atoms with Crippen molar-refractivity contribution in [3.05, 3.63) is 24.3 Å². The molecule has 0 atom stereocenters. The summed E-state index contributed by atoms with van der Waals surface area (Å²) in [4.78, 5) is 8.36. The lowest BCUT2D eigenvalue weighted by atomic mass is 10.2. The highest BCUT2D eigenvalue weighted by molar-refractivity contribution is 5.57. The van der Waals surface area contributed by atoms with E-state index >= 15 is 0 Å². The summed E-state index contributed by atoms with van der Waals surface area (Å²) in [6, 6.07) is 0. The van der Waals surface area contributed by atoms with E-state index in [4.69, 9.17) is 5.73 Å². The van der Waals surface area contributed by atoms with E-state index in [1.165, 1.54) is 0 Å². The van der Waals surface area contributed by atoms with Crippen LogP contribution < -0.4 is 5.73 Å². The summed E-state index contributed by atoms with van der Waals surface area (Å²) in [7, 11) is 1.89. The Morgan fingerprint density at radius 2 is 2.00 bits per heavy atom. The molecule has 0 spiro atoms. The molecule has 78 valence electrons. The minimum Gasteiger partial charge on any atom is -0.396 e. The molecule has 5 heteroatoms. The molecule has 0 bridgehead atoms. The van der Waals surface area contributed by atoms with Crippen LogP contribution in [0.5, 0.6) is 0 Å². The maximum Gasteiger partial charge on any atom is 0.162 e. The van der Waals surface area contributed by atoms with Crippen molar-refractivity contribution in [3.63, 3.8) is 0 Å². The highest BCUT2D eigenvalue weighted by atomic mass is 15.3. The third kappa shape index (κ3) is 1.81. The fourth-order valence-electron chi connectivity index (χ4n) is 1.46. The van der Waals surface area contributed by atoms with Crippen LogP contribution in [0, 0.1) is 0 Å². The summed E-state index contributed by atoms with van der Waals surface area (Å²) in [5.41, 5.74) is 8.08. The zero-order chi connectivity index (χ0) is 10.8. The molecule has 15 heavy (non-hydrogen) atoms. The van der Waals surface area contributed by atoms with E-state index < -0.39 is 0 Å². The Labute approximate surface area is 88.0 Å². The minimum atomic E-state index is 0.570. The Kier molecular flexibility index (Phi) is 2.37. The number of rotatable bonds is 2. The Balaban J connectivity index is 2.48. The van der Waals surface area contributed by atoms with Crippen molar-refractivity contribution in [1.29, 1.82) is 0 Å². The van der Waals surface area contributed by atoms with Crippen LogP contribution in [0.3, 0.4) is 0 Å². The predicted molar refractivity (Wildman–Crippen MR) is 58.0 cm³/mol. The number of hydrogen-bond acceptors (Lipinski definition) is 4. The predicted octanol–water partition coefficient (Wildman–Crippen LogP) is 1.02. The lowest BCUT2D eigenvalue weighted by Crippen LogP contribution is -1.93. The third-order valence-electron chi connectivity index (χ3n) is 2.15. The topological polar surface area (TPSA) is 69.6 Å². The maximum absolute atomic E-state index is 5.53. The zero-order valence-corrected chi connectivity index (χ0v) is 8.81. The molecule has 0 saturated heterocycles. The molecular weight excluding hydrogens is 190 g/mol. The van der Waals surface area contributed by atoms with Gasteiger partial charge in [-0.25, -0.2) is 9.97 Å². The second kappa shape index (κ2) is 3.68. The van der Waals surface area contributed by atoms with E-state index in [1.807, 2.05) is 13.2 Å². The fraction of sp³-hybridized carbons (Fsp3) is 0.300. The van der Waals surface area contributed by atoms with Gasteiger partial charge in [0, 0.05) is 13.2 Å². The number of nitrogens with two attached hydrogens (primary N) is 1. The van der Waals surface area contributed by atoms with Crippen molar-refractivity contribution < 1.29 is 0 Å². The number of aromatic nitrogens is 4. The van der Waals surface area contributed by atoms with Crippen molar-refractivity contribution in [1.82, 2.24) is 19.7 Å². The van der Waals surface area contributed by atoms with E-state index in [2.05, 4.69) is 22.0 Å². The maximum atomic E-state index is 5.53. The number of nitrogen functional groups attached to an aromatic ring is 1. The van der Waals surface area contributed by atoms with Crippen LogP contribution >= 0.6 is 0 Å². The van der Waals surface area contributed by atoms with Crippen LogP contribution in [0.4, 0.5) is 5.69 Å². The Morgan fingerprint density at radius 3 is 2.60 bits per heavy atom. The third-order valence-corrected chi connectivity index (χ3v) is 2.15. The summed E-state index contributed by atoms with van der Waals surface area (Å²) in [6.45, 7) is 2.06. The first-order chi connectivity index (χ1) is 7.20. The van der Waals surface area contributed by atoms with Gasteiger partial charge in [-0.3, -0.25) is 4.68 Å². The van der Waals surface area contributed by atoms with E-state index in [1.54, 1.807) is 17.1 Å². The van der Waals surface area contributed by atoms with Crippen molar-refractivity contribution in [3.8, 4) is 11.4 Å². The molecule has 0 aliphatic heterocycles. The number of nitrogens with zero attached hydrogens (tertiary/aromatic N) is 4. The summed E-state index contributed by atoms with van der Waals surface area (Å²) >= 11 is 0. The van der Waals surface area contributed by atoms with Crippen LogP contribution in [0.2, 0.25) is 0 Å². The average Bonchev–Trinajstić information content (AvgIpc) is 2.61. The van der Waals surface area contributed by atoms with Gasteiger partial charge in [0.05, 0.1) is 29.3 Å². The molecule has 2 N–H and O–H groups in total.